The fraction of sp³-hybridized carbons (Fsp3) is 0.217. The standard InChI is InChI=1S/C23H21FN2O4S/c24-17-3-7-19(8-4-17)30-23-14-16(11-12-25-23)15-26-22(29)10-6-18(27)5-9-20(28)21-2-1-13-31-21/h1-4,7-8,11-14H,5-6,9-10,15H2,(H,26,29). The summed E-state index contributed by atoms with van der Waals surface area (Å²) >= 11 is 1.35. The van der Waals surface area contributed by atoms with E-state index in [-0.39, 0.29) is 55.5 Å². The maximum atomic E-state index is 13.0. The number of nitrogens with zero attached hydrogens (tertiary/aromatic N) is 1. The Morgan fingerprint density at radius 2 is 1.77 bits per heavy atom. The Morgan fingerprint density at radius 3 is 2.52 bits per heavy atom. The molecule has 3 rings (SSSR count). The van der Waals surface area contributed by atoms with Crippen LogP contribution in [0.25, 0.3) is 0 Å². The molecule has 0 spiro atoms. The van der Waals surface area contributed by atoms with Crippen molar-refractivity contribution < 1.29 is 23.5 Å². The molecule has 0 aliphatic carbocycles. The number of ketones is 2. The highest BCUT2D eigenvalue weighted by atomic mass is 32.1. The quantitative estimate of drug-likeness (QED) is 0.437. The molecule has 0 bridgehead atoms. The SMILES string of the molecule is O=C(CCC(=O)NCc1ccnc(Oc2ccc(F)cc2)c1)CCC(=O)c1cccs1. The zero-order chi connectivity index (χ0) is 22.1. The van der Waals surface area contributed by atoms with E-state index in [2.05, 4.69) is 10.3 Å². The summed E-state index contributed by atoms with van der Waals surface area (Å²) in [4.78, 5) is 40.7. The van der Waals surface area contributed by atoms with Crippen molar-refractivity contribution >= 4 is 28.8 Å². The third kappa shape index (κ3) is 7.42. The number of halogens is 1. The van der Waals surface area contributed by atoms with Gasteiger partial charge in [0.2, 0.25) is 11.8 Å². The van der Waals surface area contributed by atoms with Crippen LogP contribution in [0.3, 0.4) is 0 Å². The molecule has 2 aromatic heterocycles. The molecular formula is C23H21FN2O4S. The molecule has 1 amide bonds. The number of amides is 1. The molecular weight excluding hydrogens is 419 g/mol. The molecule has 0 aliphatic rings. The minimum Gasteiger partial charge on any atom is -0.439 e. The first kappa shape index (κ1) is 22.3. The van der Waals surface area contributed by atoms with Crippen molar-refractivity contribution in [3.8, 4) is 11.6 Å². The molecule has 1 aromatic carbocycles. The first-order valence-electron chi connectivity index (χ1n) is 9.73. The normalized spacial score (nSPS) is 10.5. The number of thiophene rings is 1. The lowest BCUT2D eigenvalue weighted by Gasteiger charge is -2.08. The number of aromatic nitrogens is 1. The summed E-state index contributed by atoms with van der Waals surface area (Å²) in [6, 6.07) is 12.5. The molecule has 0 unspecified atom stereocenters. The summed E-state index contributed by atoms with van der Waals surface area (Å²) in [5.41, 5.74) is 0.772. The average Bonchev–Trinajstić information content (AvgIpc) is 3.31. The molecule has 3 aromatic rings. The lowest BCUT2D eigenvalue weighted by atomic mass is 10.1. The van der Waals surface area contributed by atoms with E-state index in [1.165, 1.54) is 35.6 Å². The van der Waals surface area contributed by atoms with Crippen molar-refractivity contribution in [1.82, 2.24) is 10.3 Å². The van der Waals surface area contributed by atoms with Gasteiger partial charge in [-0.15, -0.1) is 11.3 Å². The first-order chi connectivity index (χ1) is 15.0. The Bertz CT molecular complexity index is 1040. The van der Waals surface area contributed by atoms with Crippen LogP contribution >= 0.6 is 11.3 Å². The highest BCUT2D eigenvalue weighted by molar-refractivity contribution is 7.12. The summed E-state index contributed by atoms with van der Waals surface area (Å²) in [6.45, 7) is 0.256. The Labute approximate surface area is 183 Å². The van der Waals surface area contributed by atoms with Gasteiger partial charge in [0.05, 0.1) is 4.88 Å². The van der Waals surface area contributed by atoms with Crippen LogP contribution in [0.15, 0.2) is 60.1 Å². The van der Waals surface area contributed by atoms with Gasteiger partial charge >= 0.3 is 0 Å². The van der Waals surface area contributed by atoms with Gasteiger partial charge in [-0.3, -0.25) is 14.4 Å². The lowest BCUT2D eigenvalue weighted by molar-refractivity contribution is -0.125. The number of pyridine rings is 1. The maximum Gasteiger partial charge on any atom is 0.220 e. The predicted octanol–water partition coefficient (Wildman–Crippen LogP) is 4.70. The van der Waals surface area contributed by atoms with Gasteiger partial charge in [0.15, 0.2) is 5.78 Å². The minimum absolute atomic E-state index is 0.0517. The third-order valence-corrected chi connectivity index (χ3v) is 5.29. The molecule has 0 saturated heterocycles. The second-order valence-electron chi connectivity index (χ2n) is 6.77. The van der Waals surface area contributed by atoms with Gasteiger partial charge in [-0.25, -0.2) is 9.37 Å². The van der Waals surface area contributed by atoms with Gasteiger partial charge in [0.1, 0.15) is 17.3 Å². The minimum atomic E-state index is -0.357. The number of hydrogen-bond donors (Lipinski definition) is 1. The molecule has 2 heterocycles. The molecule has 8 heteroatoms. The number of Topliss-reactive ketones (excluding diaryl/α,β-unsaturated/α-hetero) is 2. The summed E-state index contributed by atoms with van der Waals surface area (Å²) in [5.74, 6) is -0.00156. The summed E-state index contributed by atoms with van der Waals surface area (Å²) in [7, 11) is 0. The van der Waals surface area contributed by atoms with Gasteiger partial charge in [0.25, 0.3) is 0 Å². The summed E-state index contributed by atoms with van der Waals surface area (Å²) in [5, 5.41) is 4.57. The van der Waals surface area contributed by atoms with E-state index in [4.69, 9.17) is 4.74 Å². The van der Waals surface area contributed by atoms with Crippen LogP contribution in [-0.2, 0) is 16.1 Å². The fourth-order valence-electron chi connectivity index (χ4n) is 2.72. The predicted molar refractivity (Wildman–Crippen MR) is 115 cm³/mol. The third-order valence-electron chi connectivity index (χ3n) is 4.38. The zero-order valence-corrected chi connectivity index (χ0v) is 17.5. The zero-order valence-electron chi connectivity index (χ0n) is 16.7. The Hall–Kier alpha value is -3.39. The van der Waals surface area contributed by atoms with Crippen molar-refractivity contribution in [2.75, 3.05) is 0 Å². The van der Waals surface area contributed by atoms with Gasteiger partial charge in [-0.1, -0.05) is 6.07 Å². The highest BCUT2D eigenvalue weighted by Crippen LogP contribution is 2.20. The number of rotatable bonds is 11. The largest absolute Gasteiger partial charge is 0.439 e. The number of carbonyl (C=O) groups excluding carboxylic acids is 3. The van der Waals surface area contributed by atoms with E-state index in [1.54, 1.807) is 30.5 Å². The smallest absolute Gasteiger partial charge is 0.220 e. The molecule has 0 aliphatic heterocycles. The van der Waals surface area contributed by atoms with Gasteiger partial charge in [-0.2, -0.15) is 0 Å². The van der Waals surface area contributed by atoms with E-state index in [9.17, 15) is 18.8 Å². The van der Waals surface area contributed by atoms with Crippen LogP contribution in [-0.4, -0.2) is 22.5 Å². The van der Waals surface area contributed by atoms with Crippen LogP contribution in [0.2, 0.25) is 0 Å². The molecule has 0 fully saturated rings. The van der Waals surface area contributed by atoms with E-state index in [0.29, 0.717) is 16.5 Å². The molecule has 0 atom stereocenters. The Balaban J connectivity index is 1.38. The number of carbonyl (C=O) groups is 3. The number of ether oxygens (including phenoxy) is 1. The van der Waals surface area contributed by atoms with Crippen LogP contribution in [0.4, 0.5) is 4.39 Å². The van der Waals surface area contributed by atoms with Crippen LogP contribution in [0.1, 0.15) is 40.9 Å². The molecule has 31 heavy (non-hydrogen) atoms. The van der Waals surface area contributed by atoms with E-state index in [1.807, 2.05) is 5.38 Å². The molecule has 0 saturated carbocycles. The van der Waals surface area contributed by atoms with Gasteiger partial charge in [-0.05, 0) is 47.3 Å². The van der Waals surface area contributed by atoms with E-state index < -0.39 is 0 Å². The van der Waals surface area contributed by atoms with Crippen molar-refractivity contribution in [3.05, 3.63) is 76.4 Å². The Kier molecular flexibility index (Phi) is 8.00. The fourth-order valence-corrected chi connectivity index (χ4v) is 3.41. The van der Waals surface area contributed by atoms with Crippen molar-refractivity contribution in [3.63, 3.8) is 0 Å². The summed E-state index contributed by atoms with van der Waals surface area (Å²) < 4.78 is 18.5. The molecule has 0 radical (unpaired) electrons. The molecule has 160 valence electrons. The topological polar surface area (TPSA) is 85.4 Å². The van der Waals surface area contributed by atoms with Crippen LogP contribution in [0, 0.1) is 5.82 Å². The van der Waals surface area contributed by atoms with E-state index >= 15 is 0 Å². The monoisotopic (exact) mass is 440 g/mol. The summed E-state index contributed by atoms with van der Waals surface area (Å²) in [6.07, 6.45) is 2.01. The average molecular weight is 440 g/mol. The number of hydrogen-bond acceptors (Lipinski definition) is 6. The van der Waals surface area contributed by atoms with E-state index in [0.717, 1.165) is 5.56 Å². The molecule has 1 N–H and O–H groups in total. The lowest BCUT2D eigenvalue weighted by Crippen LogP contribution is -2.23. The Morgan fingerprint density at radius 1 is 1.00 bits per heavy atom. The first-order valence-corrected chi connectivity index (χ1v) is 10.6. The maximum absolute atomic E-state index is 13.0. The van der Waals surface area contributed by atoms with Crippen LogP contribution in [0.5, 0.6) is 11.6 Å². The number of nitrogens with one attached hydrogen (secondary N) is 1. The van der Waals surface area contributed by atoms with Crippen molar-refractivity contribution in [2.24, 2.45) is 0 Å². The second kappa shape index (κ2) is 11.1. The highest BCUT2D eigenvalue weighted by Gasteiger charge is 2.12. The number of benzene rings is 1. The van der Waals surface area contributed by atoms with Crippen molar-refractivity contribution in [2.45, 2.75) is 32.2 Å². The second-order valence-corrected chi connectivity index (χ2v) is 7.72. The molecule has 6 nitrogen and oxygen atoms in total. The van der Waals surface area contributed by atoms with Crippen molar-refractivity contribution in [1.29, 1.82) is 0 Å². The van der Waals surface area contributed by atoms with Crippen LogP contribution < -0.4 is 10.1 Å². The van der Waals surface area contributed by atoms with Gasteiger partial charge < -0.3 is 10.1 Å². The van der Waals surface area contributed by atoms with Gasteiger partial charge in [0, 0.05) is 44.5 Å².